The Hall–Kier alpha value is -3.09. The second-order valence-electron chi connectivity index (χ2n) is 5.33. The van der Waals surface area contributed by atoms with Crippen molar-refractivity contribution in [3.63, 3.8) is 0 Å². The number of hydrogen-bond donors (Lipinski definition) is 2. The first-order chi connectivity index (χ1) is 12.0. The number of aromatic carboxylic acids is 1. The molecule has 1 aromatic carbocycles. The van der Waals surface area contributed by atoms with Crippen molar-refractivity contribution >= 4 is 17.8 Å². The molecule has 2 N–H and O–H groups in total. The molecule has 0 aliphatic heterocycles. The summed E-state index contributed by atoms with van der Waals surface area (Å²) >= 11 is 0. The lowest BCUT2D eigenvalue weighted by Gasteiger charge is -2.18. The van der Waals surface area contributed by atoms with Gasteiger partial charge >= 0.3 is 5.97 Å². The van der Waals surface area contributed by atoms with E-state index in [0.29, 0.717) is 18.7 Å². The first-order valence-electron chi connectivity index (χ1n) is 7.95. The van der Waals surface area contributed by atoms with Gasteiger partial charge in [-0.1, -0.05) is 12.1 Å². The average molecular weight is 344 g/mol. The smallest absolute Gasteiger partial charge is 0.371 e. The second-order valence-corrected chi connectivity index (χ2v) is 5.33. The summed E-state index contributed by atoms with van der Waals surface area (Å²) in [5, 5.41) is 11.4. The van der Waals surface area contributed by atoms with E-state index < -0.39 is 11.9 Å². The quantitative estimate of drug-likeness (QED) is 0.803. The molecule has 0 aliphatic carbocycles. The highest BCUT2D eigenvalue weighted by Crippen LogP contribution is 2.10. The highest BCUT2D eigenvalue weighted by molar-refractivity contribution is 5.94. The zero-order valence-electron chi connectivity index (χ0n) is 14.1. The fourth-order valence-electron chi connectivity index (χ4n) is 2.30. The third kappa shape index (κ3) is 4.47. The molecule has 7 heteroatoms. The van der Waals surface area contributed by atoms with Crippen LogP contribution in [0.15, 0.2) is 40.8 Å². The minimum absolute atomic E-state index is 0.0302. The zero-order valence-corrected chi connectivity index (χ0v) is 14.1. The van der Waals surface area contributed by atoms with Crippen LogP contribution in [0.5, 0.6) is 0 Å². The molecule has 0 aliphatic rings. The summed E-state index contributed by atoms with van der Waals surface area (Å²) in [5.41, 5.74) is 1.41. The van der Waals surface area contributed by atoms with Crippen molar-refractivity contribution in [3.05, 3.63) is 59.0 Å². The average Bonchev–Trinajstić information content (AvgIpc) is 3.11. The Morgan fingerprint density at radius 1 is 1.00 bits per heavy atom. The Kier molecular flexibility index (Phi) is 5.94. The lowest BCUT2D eigenvalue weighted by Crippen LogP contribution is -2.30. The number of rotatable bonds is 7. The van der Waals surface area contributed by atoms with Crippen LogP contribution in [0.1, 0.15) is 50.9 Å². The minimum atomic E-state index is -1.23. The largest absolute Gasteiger partial charge is 0.475 e. The first-order valence-corrected chi connectivity index (χ1v) is 7.95. The predicted octanol–water partition coefficient (Wildman–Crippen LogP) is 2.39. The minimum Gasteiger partial charge on any atom is -0.475 e. The van der Waals surface area contributed by atoms with Crippen LogP contribution in [0.2, 0.25) is 0 Å². The molecule has 7 nitrogen and oxygen atoms in total. The maximum Gasteiger partial charge on any atom is 0.371 e. The van der Waals surface area contributed by atoms with Gasteiger partial charge < -0.3 is 19.7 Å². The van der Waals surface area contributed by atoms with Crippen LogP contribution in [-0.4, -0.2) is 40.9 Å². The molecule has 2 rings (SSSR count). The van der Waals surface area contributed by atoms with E-state index in [1.165, 1.54) is 12.1 Å². The van der Waals surface area contributed by atoms with Crippen molar-refractivity contribution in [2.24, 2.45) is 0 Å². The molecule has 0 unspecified atom stereocenters. The van der Waals surface area contributed by atoms with E-state index in [2.05, 4.69) is 5.32 Å². The number of carbonyl (C=O) groups excluding carboxylic acids is 2. The summed E-state index contributed by atoms with van der Waals surface area (Å²) in [6.07, 6.45) is 0. The molecule has 0 spiro atoms. The molecule has 0 radical (unpaired) electrons. The van der Waals surface area contributed by atoms with Gasteiger partial charge in [-0.3, -0.25) is 9.59 Å². The summed E-state index contributed by atoms with van der Waals surface area (Å²) in [6, 6.07) is 9.51. The van der Waals surface area contributed by atoms with E-state index >= 15 is 0 Å². The fourth-order valence-corrected chi connectivity index (χ4v) is 2.30. The number of hydrogen-bond acceptors (Lipinski definition) is 4. The third-order valence-corrected chi connectivity index (χ3v) is 3.75. The standard InChI is InChI=1S/C18H20N2O5/c1-3-20(4-2)17(22)13-7-5-12(6-8-13)11-19-16(21)14-9-10-15(25-14)18(23)24/h5-10H,3-4,11H2,1-2H3,(H,19,21)(H,23,24). The summed E-state index contributed by atoms with van der Waals surface area (Å²) in [6.45, 7) is 5.39. The van der Waals surface area contributed by atoms with E-state index in [1.54, 1.807) is 29.2 Å². The van der Waals surface area contributed by atoms with Gasteiger partial charge in [-0.25, -0.2) is 4.79 Å². The van der Waals surface area contributed by atoms with Crippen molar-refractivity contribution in [2.45, 2.75) is 20.4 Å². The van der Waals surface area contributed by atoms with Crippen LogP contribution < -0.4 is 5.32 Å². The maximum atomic E-state index is 12.2. The van der Waals surface area contributed by atoms with Crippen LogP contribution in [-0.2, 0) is 6.54 Å². The number of carboxylic acid groups (broad SMARTS) is 1. The highest BCUT2D eigenvalue weighted by atomic mass is 16.4. The van der Waals surface area contributed by atoms with Gasteiger partial charge in [-0.05, 0) is 43.7 Å². The van der Waals surface area contributed by atoms with E-state index in [1.807, 2.05) is 13.8 Å². The molecule has 0 bridgehead atoms. The van der Waals surface area contributed by atoms with Gasteiger partial charge in [-0.15, -0.1) is 0 Å². The summed E-state index contributed by atoms with van der Waals surface area (Å²) in [7, 11) is 0. The fraction of sp³-hybridized carbons (Fsp3) is 0.278. The number of furan rings is 1. The monoisotopic (exact) mass is 344 g/mol. The van der Waals surface area contributed by atoms with Gasteiger partial charge in [0.2, 0.25) is 5.76 Å². The van der Waals surface area contributed by atoms with Crippen molar-refractivity contribution < 1.29 is 23.9 Å². The van der Waals surface area contributed by atoms with E-state index in [4.69, 9.17) is 9.52 Å². The number of nitrogens with one attached hydrogen (secondary N) is 1. The van der Waals surface area contributed by atoms with E-state index in [0.717, 1.165) is 5.56 Å². The number of nitrogens with zero attached hydrogens (tertiary/aromatic N) is 1. The number of carboxylic acids is 1. The van der Waals surface area contributed by atoms with E-state index in [-0.39, 0.29) is 24.0 Å². The Bertz CT molecular complexity index is 760. The summed E-state index contributed by atoms with van der Waals surface area (Å²) in [5.74, 6) is -2.11. The third-order valence-electron chi connectivity index (χ3n) is 3.75. The Balaban J connectivity index is 1.95. The van der Waals surface area contributed by atoms with Crippen LogP contribution in [0.4, 0.5) is 0 Å². The number of amides is 2. The van der Waals surface area contributed by atoms with Crippen molar-refractivity contribution in [2.75, 3.05) is 13.1 Å². The van der Waals surface area contributed by atoms with Crippen LogP contribution in [0.3, 0.4) is 0 Å². The molecule has 1 heterocycles. The highest BCUT2D eigenvalue weighted by Gasteiger charge is 2.15. The molecular weight excluding hydrogens is 324 g/mol. The predicted molar refractivity (Wildman–Crippen MR) is 90.5 cm³/mol. The maximum absolute atomic E-state index is 12.2. The molecule has 1 aromatic heterocycles. The van der Waals surface area contributed by atoms with Crippen LogP contribution >= 0.6 is 0 Å². The van der Waals surface area contributed by atoms with E-state index in [9.17, 15) is 14.4 Å². The number of benzene rings is 1. The zero-order chi connectivity index (χ0) is 18.4. The molecular formula is C18H20N2O5. The van der Waals surface area contributed by atoms with Crippen LogP contribution in [0.25, 0.3) is 0 Å². The van der Waals surface area contributed by atoms with Crippen molar-refractivity contribution in [3.8, 4) is 0 Å². The molecule has 0 saturated carbocycles. The summed E-state index contributed by atoms with van der Waals surface area (Å²) in [4.78, 5) is 36.6. The Morgan fingerprint density at radius 2 is 1.60 bits per heavy atom. The molecule has 2 aromatic rings. The van der Waals surface area contributed by atoms with Gasteiger partial charge in [-0.2, -0.15) is 0 Å². The summed E-state index contributed by atoms with van der Waals surface area (Å²) < 4.78 is 4.94. The molecule has 0 saturated heterocycles. The lowest BCUT2D eigenvalue weighted by atomic mass is 10.1. The lowest BCUT2D eigenvalue weighted by molar-refractivity contribution is 0.0658. The van der Waals surface area contributed by atoms with Crippen molar-refractivity contribution in [1.29, 1.82) is 0 Å². The van der Waals surface area contributed by atoms with Crippen LogP contribution in [0, 0.1) is 0 Å². The Labute approximate surface area is 145 Å². The van der Waals surface area contributed by atoms with Gasteiger partial charge in [0.1, 0.15) is 0 Å². The van der Waals surface area contributed by atoms with Crippen molar-refractivity contribution in [1.82, 2.24) is 10.2 Å². The number of carbonyl (C=O) groups is 3. The normalized spacial score (nSPS) is 10.3. The van der Waals surface area contributed by atoms with Gasteiger partial charge in [0, 0.05) is 25.2 Å². The SMILES string of the molecule is CCN(CC)C(=O)c1ccc(CNC(=O)c2ccc(C(=O)O)o2)cc1. The van der Waals surface area contributed by atoms with Gasteiger partial charge in [0.15, 0.2) is 5.76 Å². The molecule has 0 atom stereocenters. The second kappa shape index (κ2) is 8.14. The topological polar surface area (TPSA) is 99.9 Å². The molecule has 132 valence electrons. The van der Waals surface area contributed by atoms with Gasteiger partial charge in [0.25, 0.3) is 11.8 Å². The molecule has 2 amide bonds. The Morgan fingerprint density at radius 3 is 2.12 bits per heavy atom. The van der Waals surface area contributed by atoms with Gasteiger partial charge in [0.05, 0.1) is 0 Å². The first kappa shape index (κ1) is 18.3. The molecule has 0 fully saturated rings. The molecule has 25 heavy (non-hydrogen) atoms.